The molecule has 2 N–H and O–H groups in total. The van der Waals surface area contributed by atoms with Gasteiger partial charge >= 0.3 is 0 Å². The average Bonchev–Trinajstić information content (AvgIpc) is 2.51. The van der Waals surface area contributed by atoms with Gasteiger partial charge in [0.05, 0.1) is 17.8 Å². The zero-order valence-corrected chi connectivity index (χ0v) is 14.7. The Morgan fingerprint density at radius 3 is 2.59 bits per heavy atom. The summed E-state index contributed by atoms with van der Waals surface area (Å²) in [5.41, 5.74) is 3.60. The van der Waals surface area contributed by atoms with Crippen LogP contribution in [0.5, 0.6) is 11.5 Å². The average molecular weight is 428 g/mol. The van der Waals surface area contributed by atoms with Crippen LogP contribution in [0.15, 0.2) is 50.4 Å². The molecule has 114 valence electrons. The van der Waals surface area contributed by atoms with Crippen molar-refractivity contribution >= 4 is 44.0 Å². The lowest BCUT2D eigenvalue weighted by Gasteiger charge is -2.06. The number of nitrogens with zero attached hydrogens (tertiary/aromatic N) is 1. The minimum Gasteiger partial charge on any atom is -0.503 e. The summed E-state index contributed by atoms with van der Waals surface area (Å²) in [6, 6.07) is 10.2. The first-order valence-corrected chi connectivity index (χ1v) is 7.75. The molecule has 7 heteroatoms. The molecule has 5 nitrogen and oxygen atoms in total. The highest BCUT2D eigenvalue weighted by Gasteiger charge is 2.08. The van der Waals surface area contributed by atoms with Crippen molar-refractivity contribution in [3.63, 3.8) is 0 Å². The zero-order valence-electron chi connectivity index (χ0n) is 11.5. The van der Waals surface area contributed by atoms with Crippen molar-refractivity contribution in [2.75, 3.05) is 7.11 Å². The number of hydrogen-bond acceptors (Lipinski definition) is 4. The molecule has 0 heterocycles. The van der Waals surface area contributed by atoms with E-state index in [0.29, 0.717) is 21.3 Å². The lowest BCUT2D eigenvalue weighted by atomic mass is 10.2. The summed E-state index contributed by atoms with van der Waals surface area (Å²) < 4.78 is 6.42. The fourth-order valence-corrected chi connectivity index (χ4v) is 2.38. The highest BCUT2D eigenvalue weighted by atomic mass is 79.9. The molecule has 0 aliphatic rings. The van der Waals surface area contributed by atoms with Gasteiger partial charge in [-0.2, -0.15) is 5.10 Å². The predicted molar refractivity (Wildman–Crippen MR) is 91.6 cm³/mol. The van der Waals surface area contributed by atoms with Crippen molar-refractivity contribution in [2.24, 2.45) is 5.10 Å². The molecule has 0 radical (unpaired) electrons. The highest BCUT2D eigenvalue weighted by Crippen LogP contribution is 2.34. The van der Waals surface area contributed by atoms with Gasteiger partial charge in [0, 0.05) is 10.0 Å². The van der Waals surface area contributed by atoms with Crippen LogP contribution in [0.2, 0.25) is 0 Å². The van der Waals surface area contributed by atoms with Crippen LogP contribution in [0.4, 0.5) is 0 Å². The molecule has 0 fully saturated rings. The van der Waals surface area contributed by atoms with Gasteiger partial charge in [0.15, 0.2) is 11.5 Å². The smallest absolute Gasteiger partial charge is 0.271 e. The molecule has 0 saturated heterocycles. The van der Waals surface area contributed by atoms with Crippen LogP contribution in [0, 0.1) is 0 Å². The number of hydrazone groups is 1. The molecular weight excluding hydrogens is 416 g/mol. The van der Waals surface area contributed by atoms with E-state index in [1.165, 1.54) is 13.3 Å². The summed E-state index contributed by atoms with van der Waals surface area (Å²) in [4.78, 5) is 11.9. The summed E-state index contributed by atoms with van der Waals surface area (Å²) in [6.07, 6.45) is 1.46. The van der Waals surface area contributed by atoms with Crippen LogP contribution in [0.25, 0.3) is 0 Å². The number of hydrogen-bond donors (Lipinski definition) is 2. The Morgan fingerprint density at radius 2 is 1.95 bits per heavy atom. The van der Waals surface area contributed by atoms with E-state index in [0.717, 1.165) is 4.47 Å². The van der Waals surface area contributed by atoms with Gasteiger partial charge in [-0.05, 0) is 57.9 Å². The second-order valence-electron chi connectivity index (χ2n) is 4.26. The van der Waals surface area contributed by atoms with Crippen molar-refractivity contribution in [2.45, 2.75) is 0 Å². The van der Waals surface area contributed by atoms with Crippen molar-refractivity contribution in [3.8, 4) is 11.5 Å². The van der Waals surface area contributed by atoms with Crippen molar-refractivity contribution in [3.05, 3.63) is 56.5 Å². The van der Waals surface area contributed by atoms with Gasteiger partial charge in [0.2, 0.25) is 0 Å². The number of rotatable bonds is 4. The first kappa shape index (κ1) is 16.5. The minimum atomic E-state index is -0.312. The second kappa shape index (κ2) is 7.42. The van der Waals surface area contributed by atoms with E-state index >= 15 is 0 Å². The number of methoxy groups -OCH3 is 1. The van der Waals surface area contributed by atoms with Crippen LogP contribution >= 0.6 is 31.9 Å². The van der Waals surface area contributed by atoms with Gasteiger partial charge in [-0.3, -0.25) is 4.79 Å². The number of phenolic OH excluding ortho intramolecular Hbond substituents is 1. The lowest BCUT2D eigenvalue weighted by Crippen LogP contribution is -2.17. The number of amides is 1. The van der Waals surface area contributed by atoms with Crippen molar-refractivity contribution < 1.29 is 14.6 Å². The molecule has 2 aromatic rings. The summed E-state index contributed by atoms with van der Waals surface area (Å²) in [7, 11) is 1.46. The normalized spacial score (nSPS) is 10.7. The topological polar surface area (TPSA) is 70.9 Å². The molecule has 0 atom stereocenters. The third-order valence-corrected chi connectivity index (χ3v) is 3.89. The van der Waals surface area contributed by atoms with Gasteiger partial charge in [-0.25, -0.2) is 5.43 Å². The molecule has 2 aromatic carbocycles. The standard InChI is InChI=1S/C15H12Br2N2O3/c1-22-13-7-9(6-12(17)14(13)20)8-18-19-15(21)10-2-4-11(16)5-3-10/h2-8,20H,1H3,(H,19,21). The third-order valence-electron chi connectivity index (χ3n) is 2.76. The summed E-state index contributed by atoms with van der Waals surface area (Å²) in [6.45, 7) is 0. The minimum absolute atomic E-state index is 0.0125. The number of halogens is 2. The maximum absolute atomic E-state index is 11.9. The molecule has 0 unspecified atom stereocenters. The summed E-state index contributed by atoms with van der Waals surface area (Å²) in [5, 5.41) is 13.6. The van der Waals surface area contributed by atoms with Gasteiger partial charge in [-0.15, -0.1) is 0 Å². The van der Waals surface area contributed by atoms with Gasteiger partial charge in [-0.1, -0.05) is 15.9 Å². The molecule has 0 aliphatic carbocycles. The second-order valence-corrected chi connectivity index (χ2v) is 6.03. The summed E-state index contributed by atoms with van der Waals surface area (Å²) >= 11 is 6.52. The Morgan fingerprint density at radius 1 is 1.27 bits per heavy atom. The molecular formula is C15H12Br2N2O3. The fraction of sp³-hybridized carbons (Fsp3) is 0.0667. The van der Waals surface area contributed by atoms with Crippen molar-refractivity contribution in [1.29, 1.82) is 0 Å². The summed E-state index contributed by atoms with van der Waals surface area (Å²) in [5.74, 6) is 0.0159. The lowest BCUT2D eigenvalue weighted by molar-refractivity contribution is 0.0955. The fourth-order valence-electron chi connectivity index (χ4n) is 1.66. The predicted octanol–water partition coefficient (Wildman–Crippen LogP) is 3.69. The zero-order chi connectivity index (χ0) is 16.1. The molecule has 1 amide bonds. The van der Waals surface area contributed by atoms with Crippen LogP contribution < -0.4 is 10.2 Å². The number of phenols is 1. The number of carbonyl (C=O) groups excluding carboxylic acids is 1. The van der Waals surface area contributed by atoms with Gasteiger partial charge < -0.3 is 9.84 Å². The SMILES string of the molecule is COc1cc(C=NNC(=O)c2ccc(Br)cc2)cc(Br)c1O. The largest absolute Gasteiger partial charge is 0.503 e. The Balaban J connectivity index is 2.08. The maximum atomic E-state index is 11.9. The molecule has 0 bridgehead atoms. The molecule has 0 saturated carbocycles. The Bertz CT molecular complexity index is 715. The van der Waals surface area contributed by atoms with Gasteiger partial charge in [0.25, 0.3) is 5.91 Å². The quantitative estimate of drug-likeness (QED) is 0.577. The number of nitrogens with one attached hydrogen (secondary N) is 1. The first-order chi connectivity index (χ1) is 10.5. The van der Waals surface area contributed by atoms with E-state index in [-0.39, 0.29) is 11.7 Å². The highest BCUT2D eigenvalue weighted by molar-refractivity contribution is 9.10. The van der Waals surface area contributed by atoms with Crippen LogP contribution in [-0.2, 0) is 0 Å². The van der Waals surface area contributed by atoms with E-state index in [9.17, 15) is 9.90 Å². The molecule has 0 aliphatic heterocycles. The van der Waals surface area contributed by atoms with Crippen LogP contribution in [0.1, 0.15) is 15.9 Å². The Kier molecular flexibility index (Phi) is 5.57. The van der Waals surface area contributed by atoms with Crippen LogP contribution in [0.3, 0.4) is 0 Å². The molecule has 2 rings (SSSR count). The van der Waals surface area contributed by atoms with E-state index in [2.05, 4.69) is 42.4 Å². The number of ether oxygens (including phenoxy) is 1. The van der Waals surface area contributed by atoms with Crippen LogP contribution in [-0.4, -0.2) is 24.3 Å². The molecule has 22 heavy (non-hydrogen) atoms. The van der Waals surface area contributed by atoms with E-state index in [1.54, 1.807) is 36.4 Å². The third kappa shape index (κ3) is 4.08. The molecule has 0 spiro atoms. The molecule has 0 aromatic heterocycles. The van der Waals surface area contributed by atoms with E-state index < -0.39 is 0 Å². The number of aromatic hydroxyl groups is 1. The Hall–Kier alpha value is -1.86. The van der Waals surface area contributed by atoms with E-state index in [4.69, 9.17) is 4.74 Å². The monoisotopic (exact) mass is 426 g/mol. The Labute approximate surface area is 144 Å². The number of carbonyl (C=O) groups is 1. The maximum Gasteiger partial charge on any atom is 0.271 e. The van der Waals surface area contributed by atoms with E-state index in [1.807, 2.05) is 0 Å². The number of benzene rings is 2. The van der Waals surface area contributed by atoms with Gasteiger partial charge in [0.1, 0.15) is 0 Å². The van der Waals surface area contributed by atoms with Crippen molar-refractivity contribution in [1.82, 2.24) is 5.43 Å². The first-order valence-electron chi connectivity index (χ1n) is 6.16.